The molecule has 4 rings (SSSR count). The van der Waals surface area contributed by atoms with E-state index in [0.717, 1.165) is 35.6 Å². The Bertz CT molecular complexity index is 941. The fraction of sp³-hybridized carbons (Fsp3) is 0.350. The monoisotopic (exact) mass is 369 g/mol. The van der Waals surface area contributed by atoms with E-state index in [1.165, 1.54) is 23.1 Å². The molecule has 3 aromatic rings. The zero-order valence-electron chi connectivity index (χ0n) is 14.6. The van der Waals surface area contributed by atoms with Crippen LogP contribution in [0.5, 0.6) is 0 Å². The van der Waals surface area contributed by atoms with Crippen LogP contribution in [0, 0.1) is 12.7 Å². The number of aromatic nitrogens is 2. The Morgan fingerprint density at radius 3 is 2.96 bits per heavy atom. The second kappa shape index (κ2) is 7.11. The lowest BCUT2D eigenvalue weighted by Gasteiger charge is -2.22. The van der Waals surface area contributed by atoms with Crippen LogP contribution in [0.4, 0.5) is 9.52 Å². The lowest BCUT2D eigenvalue weighted by atomic mass is 10.0. The van der Waals surface area contributed by atoms with E-state index >= 15 is 0 Å². The Balaban J connectivity index is 1.53. The van der Waals surface area contributed by atoms with Crippen molar-refractivity contribution in [3.63, 3.8) is 0 Å². The number of hydrogen-bond acceptors (Lipinski definition) is 5. The first kappa shape index (κ1) is 17.1. The largest absolute Gasteiger partial charge is 0.338 e. The first-order valence-electron chi connectivity index (χ1n) is 8.88. The van der Waals surface area contributed by atoms with Crippen molar-refractivity contribution < 1.29 is 9.18 Å². The normalized spacial score (nSPS) is 17.2. The zero-order valence-corrected chi connectivity index (χ0v) is 15.4. The molecule has 0 radical (unpaired) electrons. The number of carbonyl (C=O) groups excluding carboxylic acids is 1. The van der Waals surface area contributed by atoms with Crippen molar-refractivity contribution in [1.29, 1.82) is 0 Å². The van der Waals surface area contributed by atoms with E-state index in [4.69, 9.17) is 0 Å². The van der Waals surface area contributed by atoms with Gasteiger partial charge < -0.3 is 4.90 Å². The molecular weight excluding hydrogens is 349 g/mol. The third-order valence-electron chi connectivity index (χ3n) is 4.97. The number of anilines is 1. The van der Waals surface area contributed by atoms with Crippen LogP contribution in [0.3, 0.4) is 0 Å². The Morgan fingerprint density at radius 1 is 1.35 bits per heavy atom. The Kier molecular flexibility index (Phi) is 4.68. The first-order valence-corrected chi connectivity index (χ1v) is 9.70. The second-order valence-corrected chi connectivity index (χ2v) is 7.66. The average Bonchev–Trinajstić information content (AvgIpc) is 3.30. The smallest absolute Gasteiger partial charge is 0.188 e. The summed E-state index contributed by atoms with van der Waals surface area (Å²) in [6.07, 6.45) is 4.33. The molecule has 26 heavy (non-hydrogen) atoms. The van der Waals surface area contributed by atoms with Gasteiger partial charge in [0.1, 0.15) is 5.82 Å². The summed E-state index contributed by atoms with van der Waals surface area (Å²) in [7, 11) is 0. The van der Waals surface area contributed by atoms with Crippen molar-refractivity contribution in [2.75, 3.05) is 11.4 Å². The van der Waals surface area contributed by atoms with Crippen LogP contribution in [0.15, 0.2) is 36.5 Å². The van der Waals surface area contributed by atoms with E-state index in [1.54, 1.807) is 6.92 Å². The molecule has 134 valence electrons. The molecule has 2 aromatic heterocycles. The summed E-state index contributed by atoms with van der Waals surface area (Å²) in [5.41, 5.74) is 2.32. The topological polar surface area (TPSA) is 46.1 Å². The number of benzene rings is 1. The molecular formula is C20H20FN3OS. The number of thiazole rings is 1. The van der Waals surface area contributed by atoms with Crippen LogP contribution in [0.25, 0.3) is 10.3 Å². The highest BCUT2D eigenvalue weighted by Crippen LogP contribution is 2.35. The third-order valence-corrected chi connectivity index (χ3v) is 6.17. The molecule has 0 aliphatic carbocycles. The molecule has 0 spiro atoms. The molecule has 0 amide bonds. The van der Waals surface area contributed by atoms with E-state index in [2.05, 4.69) is 27.0 Å². The van der Waals surface area contributed by atoms with Crippen LogP contribution in [-0.2, 0) is 11.2 Å². The molecule has 0 N–H and O–H groups in total. The van der Waals surface area contributed by atoms with E-state index < -0.39 is 0 Å². The third kappa shape index (κ3) is 3.21. The number of carbonyl (C=O) groups is 1. The van der Waals surface area contributed by atoms with Crippen molar-refractivity contribution in [1.82, 2.24) is 9.97 Å². The van der Waals surface area contributed by atoms with Crippen LogP contribution in [-0.4, -0.2) is 28.3 Å². The fourth-order valence-corrected chi connectivity index (χ4v) is 4.58. The van der Waals surface area contributed by atoms with Gasteiger partial charge in [0, 0.05) is 18.5 Å². The highest BCUT2D eigenvalue weighted by molar-refractivity contribution is 7.22. The summed E-state index contributed by atoms with van der Waals surface area (Å²) in [5.74, 6) is -0.0638. The number of ketones is 1. The van der Waals surface area contributed by atoms with Crippen molar-refractivity contribution in [2.24, 2.45) is 0 Å². The summed E-state index contributed by atoms with van der Waals surface area (Å²) in [5, 5.41) is 0.775. The number of Topliss-reactive ketones (excluding diaryl/α,β-unsaturated/α-hetero) is 1. The van der Waals surface area contributed by atoms with Gasteiger partial charge in [0.15, 0.2) is 16.6 Å². The fourth-order valence-electron chi connectivity index (χ4n) is 3.49. The van der Waals surface area contributed by atoms with E-state index in [9.17, 15) is 9.18 Å². The van der Waals surface area contributed by atoms with Crippen molar-refractivity contribution in [3.8, 4) is 0 Å². The highest BCUT2D eigenvalue weighted by atomic mass is 32.1. The van der Waals surface area contributed by atoms with Crippen molar-refractivity contribution >= 4 is 32.6 Å². The molecule has 0 unspecified atom stereocenters. The number of hydrogen-bond donors (Lipinski definition) is 0. The summed E-state index contributed by atoms with van der Waals surface area (Å²) in [6.45, 7) is 2.55. The predicted octanol–water partition coefficient (Wildman–Crippen LogP) is 4.31. The van der Waals surface area contributed by atoms with Gasteiger partial charge in [0.25, 0.3) is 0 Å². The summed E-state index contributed by atoms with van der Waals surface area (Å²) in [4.78, 5) is 23.5. The molecule has 1 aromatic carbocycles. The molecule has 0 saturated carbocycles. The highest BCUT2D eigenvalue weighted by Gasteiger charge is 2.32. The molecule has 1 saturated heterocycles. The van der Waals surface area contributed by atoms with Gasteiger partial charge >= 0.3 is 0 Å². The standard InChI is InChI=1S/C20H20FN3OS/c1-13-15(21)12-22-19-18(13)26-20(23-19)24-11-5-8-16(24)17(25)10-9-14-6-3-2-4-7-14/h2-4,6-7,12,16H,5,8-11H2,1H3/t16-/m1/s1. The maximum Gasteiger partial charge on any atom is 0.188 e. The van der Waals surface area contributed by atoms with Crippen LogP contribution >= 0.6 is 11.3 Å². The molecule has 6 heteroatoms. The van der Waals surface area contributed by atoms with Crippen LogP contribution in [0.1, 0.15) is 30.4 Å². The number of aryl methyl sites for hydroxylation is 2. The quantitative estimate of drug-likeness (QED) is 0.672. The number of pyridine rings is 1. The maximum atomic E-state index is 13.8. The Labute approximate surface area is 155 Å². The summed E-state index contributed by atoms with van der Waals surface area (Å²) in [6, 6.07) is 9.95. The van der Waals surface area contributed by atoms with Crippen molar-refractivity contribution in [3.05, 3.63) is 53.5 Å². The molecule has 1 fully saturated rings. The maximum absolute atomic E-state index is 13.8. The van der Waals surface area contributed by atoms with E-state index in [0.29, 0.717) is 17.6 Å². The Morgan fingerprint density at radius 2 is 2.15 bits per heavy atom. The van der Waals surface area contributed by atoms with Gasteiger partial charge in [0.05, 0.1) is 16.9 Å². The SMILES string of the molecule is Cc1c(F)cnc2nc(N3CCC[C@@H]3C(=O)CCc3ccccc3)sc12. The second-order valence-electron chi connectivity index (χ2n) is 6.68. The number of halogens is 1. The summed E-state index contributed by atoms with van der Waals surface area (Å²) < 4.78 is 14.5. The molecule has 1 aliphatic rings. The van der Waals surface area contributed by atoms with Gasteiger partial charge in [-0.2, -0.15) is 4.98 Å². The molecule has 1 atom stereocenters. The lowest BCUT2D eigenvalue weighted by molar-refractivity contribution is -0.120. The first-order chi connectivity index (χ1) is 12.6. The number of nitrogens with zero attached hydrogens (tertiary/aromatic N) is 3. The van der Waals surface area contributed by atoms with Gasteiger partial charge in [-0.25, -0.2) is 9.37 Å². The van der Waals surface area contributed by atoms with E-state index in [-0.39, 0.29) is 17.6 Å². The minimum atomic E-state index is -0.315. The molecule has 4 nitrogen and oxygen atoms in total. The van der Waals surface area contributed by atoms with Gasteiger partial charge in [-0.3, -0.25) is 4.79 Å². The van der Waals surface area contributed by atoms with E-state index in [1.807, 2.05) is 18.2 Å². The van der Waals surface area contributed by atoms with Gasteiger partial charge in [-0.1, -0.05) is 41.7 Å². The summed E-state index contributed by atoms with van der Waals surface area (Å²) >= 11 is 1.43. The number of fused-ring (bicyclic) bond motifs is 1. The minimum absolute atomic E-state index is 0.135. The van der Waals surface area contributed by atoms with Gasteiger partial charge in [0.2, 0.25) is 0 Å². The molecule has 1 aliphatic heterocycles. The number of rotatable bonds is 5. The average molecular weight is 369 g/mol. The lowest BCUT2D eigenvalue weighted by Crippen LogP contribution is -2.36. The predicted molar refractivity (Wildman–Crippen MR) is 102 cm³/mol. The molecule has 3 heterocycles. The van der Waals surface area contributed by atoms with Crippen LogP contribution in [0.2, 0.25) is 0 Å². The van der Waals surface area contributed by atoms with Crippen LogP contribution < -0.4 is 4.90 Å². The van der Waals surface area contributed by atoms with Crippen molar-refractivity contribution in [2.45, 2.75) is 38.6 Å². The minimum Gasteiger partial charge on any atom is -0.338 e. The molecule has 0 bridgehead atoms. The van der Waals surface area contributed by atoms with Gasteiger partial charge in [-0.05, 0) is 31.7 Å². The Hall–Kier alpha value is -2.34. The zero-order chi connectivity index (χ0) is 18.1. The van der Waals surface area contributed by atoms with Gasteiger partial charge in [-0.15, -0.1) is 0 Å².